The Balaban J connectivity index is 1.43. The molecule has 0 aromatic heterocycles. The molecule has 1 heterocycles. The number of rotatable bonds is 6. The number of nitrogens with zero attached hydrogens (tertiary/aromatic N) is 1. The molecule has 0 spiro atoms. The maximum Gasteiger partial charge on any atom is 0.407 e. The first-order valence-corrected chi connectivity index (χ1v) is 11.2. The van der Waals surface area contributed by atoms with Gasteiger partial charge in [0.25, 0.3) is 0 Å². The number of hydrogen-bond acceptors (Lipinski definition) is 5. The minimum Gasteiger partial charge on any atom is -0.481 e. The molecule has 4 rings (SSSR count). The van der Waals surface area contributed by atoms with E-state index in [2.05, 4.69) is 5.32 Å². The molecule has 0 bridgehead atoms. The molecule has 2 aromatic carbocycles. The van der Waals surface area contributed by atoms with Crippen molar-refractivity contribution in [3.8, 4) is 11.1 Å². The van der Waals surface area contributed by atoms with E-state index in [1.54, 1.807) is 6.92 Å². The summed E-state index contributed by atoms with van der Waals surface area (Å²) in [6.45, 7) is 2.18. The van der Waals surface area contributed by atoms with Crippen LogP contribution in [0.5, 0.6) is 0 Å². The number of likely N-dealkylation sites (tertiary alicyclic amines) is 1. The number of aliphatic hydroxyl groups is 1. The second-order valence-electron chi connectivity index (χ2n) is 8.68. The van der Waals surface area contributed by atoms with Crippen LogP contribution in [0.15, 0.2) is 48.5 Å². The zero-order chi connectivity index (χ0) is 23.5. The van der Waals surface area contributed by atoms with Crippen molar-refractivity contribution in [2.75, 3.05) is 13.2 Å². The third-order valence-corrected chi connectivity index (χ3v) is 6.44. The van der Waals surface area contributed by atoms with Crippen molar-refractivity contribution in [3.05, 3.63) is 59.7 Å². The van der Waals surface area contributed by atoms with E-state index < -0.39 is 36.5 Å². The molecule has 1 unspecified atom stereocenters. The summed E-state index contributed by atoms with van der Waals surface area (Å²) in [7, 11) is 0. The largest absolute Gasteiger partial charge is 0.481 e. The first-order valence-electron chi connectivity index (χ1n) is 11.2. The fourth-order valence-corrected chi connectivity index (χ4v) is 4.83. The van der Waals surface area contributed by atoms with Crippen LogP contribution in [-0.4, -0.2) is 64.4 Å². The van der Waals surface area contributed by atoms with Crippen LogP contribution < -0.4 is 5.32 Å². The van der Waals surface area contributed by atoms with Crippen molar-refractivity contribution in [3.63, 3.8) is 0 Å². The fourth-order valence-electron chi connectivity index (χ4n) is 4.83. The van der Waals surface area contributed by atoms with E-state index >= 15 is 0 Å². The maximum atomic E-state index is 13.0. The zero-order valence-corrected chi connectivity index (χ0v) is 18.4. The van der Waals surface area contributed by atoms with Crippen molar-refractivity contribution in [1.82, 2.24) is 10.2 Å². The summed E-state index contributed by atoms with van der Waals surface area (Å²) in [5.41, 5.74) is 4.32. The number of amides is 2. The number of carboxylic acid groups (broad SMARTS) is 1. The van der Waals surface area contributed by atoms with Gasteiger partial charge in [-0.3, -0.25) is 9.59 Å². The highest BCUT2D eigenvalue weighted by molar-refractivity contribution is 5.89. The SMILES string of the molecule is C[C@@H]1C[C@H](O)CCN1C(=O)C(CC(=O)O)NC(=O)OCC1c2ccccc2-c2ccccc21. The number of ether oxygens (including phenoxy) is 1. The van der Waals surface area contributed by atoms with E-state index in [9.17, 15) is 24.6 Å². The molecular weight excluding hydrogens is 424 g/mol. The van der Waals surface area contributed by atoms with Crippen molar-refractivity contribution in [1.29, 1.82) is 0 Å². The van der Waals surface area contributed by atoms with Crippen LogP contribution in [0, 0.1) is 0 Å². The van der Waals surface area contributed by atoms with Gasteiger partial charge in [0.2, 0.25) is 5.91 Å². The second kappa shape index (κ2) is 9.62. The maximum absolute atomic E-state index is 13.0. The van der Waals surface area contributed by atoms with Gasteiger partial charge in [-0.05, 0) is 42.0 Å². The molecule has 0 saturated carbocycles. The van der Waals surface area contributed by atoms with E-state index in [4.69, 9.17) is 4.74 Å². The first kappa shape index (κ1) is 22.8. The lowest BCUT2D eigenvalue weighted by atomic mass is 9.98. The standard InChI is InChI=1S/C25H28N2O6/c1-15-12-16(28)10-11-27(15)24(31)22(13-23(29)30)26-25(32)33-14-21-19-8-4-2-6-17(19)18-7-3-5-9-20(18)21/h2-9,15-16,21-22,28H,10-14H2,1H3,(H,26,32)(H,29,30)/t15-,16-,22?/m1/s1. The van der Waals surface area contributed by atoms with Gasteiger partial charge in [0.1, 0.15) is 12.6 Å². The number of aliphatic hydroxyl groups excluding tert-OH is 1. The Labute approximate surface area is 192 Å². The normalized spacial score (nSPS) is 20.5. The topological polar surface area (TPSA) is 116 Å². The molecule has 1 aliphatic heterocycles. The third-order valence-electron chi connectivity index (χ3n) is 6.44. The van der Waals surface area contributed by atoms with Crippen molar-refractivity contribution >= 4 is 18.0 Å². The number of alkyl carbamates (subject to hydrolysis) is 1. The number of benzene rings is 2. The number of hydrogen-bond donors (Lipinski definition) is 3. The number of piperidine rings is 1. The first-order chi connectivity index (χ1) is 15.8. The number of fused-ring (bicyclic) bond motifs is 3. The van der Waals surface area contributed by atoms with Crippen LogP contribution in [0.4, 0.5) is 4.79 Å². The van der Waals surface area contributed by atoms with Crippen molar-refractivity contribution < 1.29 is 29.3 Å². The van der Waals surface area contributed by atoms with Gasteiger partial charge in [-0.15, -0.1) is 0 Å². The Kier molecular flexibility index (Phi) is 6.65. The average molecular weight is 453 g/mol. The van der Waals surface area contributed by atoms with Crippen LogP contribution in [0.25, 0.3) is 11.1 Å². The Hall–Kier alpha value is -3.39. The highest BCUT2D eigenvalue weighted by Crippen LogP contribution is 2.44. The van der Waals surface area contributed by atoms with Gasteiger partial charge in [-0.25, -0.2) is 4.79 Å². The molecule has 2 aromatic rings. The highest BCUT2D eigenvalue weighted by Gasteiger charge is 2.35. The van der Waals surface area contributed by atoms with E-state index in [0.29, 0.717) is 19.4 Å². The molecule has 0 radical (unpaired) electrons. The zero-order valence-electron chi connectivity index (χ0n) is 18.4. The molecule has 1 aliphatic carbocycles. The molecule has 33 heavy (non-hydrogen) atoms. The summed E-state index contributed by atoms with van der Waals surface area (Å²) in [6.07, 6.45) is -1.04. The van der Waals surface area contributed by atoms with Crippen LogP contribution in [-0.2, 0) is 14.3 Å². The number of nitrogens with one attached hydrogen (secondary N) is 1. The summed E-state index contributed by atoms with van der Waals surface area (Å²) >= 11 is 0. The molecule has 3 N–H and O–H groups in total. The van der Waals surface area contributed by atoms with E-state index in [1.165, 1.54) is 4.90 Å². The molecule has 1 saturated heterocycles. The van der Waals surface area contributed by atoms with Gasteiger partial charge < -0.3 is 25.2 Å². The number of carboxylic acids is 1. The molecule has 1 fully saturated rings. The molecule has 3 atom stereocenters. The van der Waals surface area contributed by atoms with E-state index in [0.717, 1.165) is 22.3 Å². The third kappa shape index (κ3) is 4.85. The molecule has 174 valence electrons. The van der Waals surface area contributed by atoms with Crippen LogP contribution in [0.1, 0.15) is 43.2 Å². The number of carbonyl (C=O) groups excluding carboxylic acids is 2. The minimum absolute atomic E-state index is 0.0696. The van der Waals surface area contributed by atoms with Gasteiger partial charge in [-0.1, -0.05) is 48.5 Å². The molecular formula is C25H28N2O6. The monoisotopic (exact) mass is 452 g/mol. The van der Waals surface area contributed by atoms with Crippen LogP contribution in [0.3, 0.4) is 0 Å². The quantitative estimate of drug-likeness (QED) is 0.621. The van der Waals surface area contributed by atoms with Gasteiger partial charge in [0.05, 0.1) is 12.5 Å². The van der Waals surface area contributed by atoms with Gasteiger partial charge in [0, 0.05) is 18.5 Å². The molecule has 8 heteroatoms. The van der Waals surface area contributed by atoms with Gasteiger partial charge >= 0.3 is 12.1 Å². The molecule has 2 aliphatic rings. The summed E-state index contributed by atoms with van der Waals surface area (Å²) in [5, 5.41) is 21.5. The van der Waals surface area contributed by atoms with Crippen LogP contribution >= 0.6 is 0 Å². The summed E-state index contributed by atoms with van der Waals surface area (Å²) in [6, 6.07) is 14.4. The van der Waals surface area contributed by atoms with Crippen molar-refractivity contribution in [2.45, 2.75) is 50.3 Å². The summed E-state index contributed by atoms with van der Waals surface area (Å²) in [4.78, 5) is 38.5. The van der Waals surface area contributed by atoms with Crippen molar-refractivity contribution in [2.24, 2.45) is 0 Å². The molecule has 2 amide bonds. The Bertz CT molecular complexity index is 1010. The Morgan fingerprint density at radius 1 is 1.09 bits per heavy atom. The second-order valence-corrected chi connectivity index (χ2v) is 8.68. The number of aliphatic carboxylic acids is 1. The minimum atomic E-state index is -1.24. The van der Waals surface area contributed by atoms with Crippen LogP contribution in [0.2, 0.25) is 0 Å². The fraction of sp³-hybridized carbons (Fsp3) is 0.400. The van der Waals surface area contributed by atoms with Gasteiger partial charge in [-0.2, -0.15) is 0 Å². The Morgan fingerprint density at radius 2 is 1.70 bits per heavy atom. The lowest BCUT2D eigenvalue weighted by Crippen LogP contribution is -2.55. The Morgan fingerprint density at radius 3 is 2.27 bits per heavy atom. The lowest BCUT2D eigenvalue weighted by molar-refractivity contribution is -0.144. The number of carbonyl (C=O) groups is 3. The predicted octanol–water partition coefficient (Wildman–Crippen LogP) is 2.74. The smallest absolute Gasteiger partial charge is 0.407 e. The highest BCUT2D eigenvalue weighted by atomic mass is 16.5. The molecule has 8 nitrogen and oxygen atoms in total. The van der Waals surface area contributed by atoms with E-state index in [1.807, 2.05) is 48.5 Å². The average Bonchev–Trinajstić information content (AvgIpc) is 3.10. The summed E-state index contributed by atoms with van der Waals surface area (Å²) in [5.74, 6) is -1.82. The van der Waals surface area contributed by atoms with Gasteiger partial charge in [0.15, 0.2) is 0 Å². The predicted molar refractivity (Wildman–Crippen MR) is 121 cm³/mol. The lowest BCUT2D eigenvalue weighted by Gasteiger charge is -2.37. The van der Waals surface area contributed by atoms with E-state index in [-0.39, 0.29) is 18.6 Å². The summed E-state index contributed by atoms with van der Waals surface area (Å²) < 4.78 is 5.48.